The smallest absolute Gasteiger partial charge is 0.399 e. The Labute approximate surface area is 150 Å². The summed E-state index contributed by atoms with van der Waals surface area (Å²) in [6.45, 7) is 7.80. The Morgan fingerprint density at radius 1 is 0.962 bits per heavy atom. The number of nitrogens with one attached hydrogen (secondary N) is 1. The minimum atomic E-state index is -0.631. The van der Waals surface area contributed by atoms with Crippen molar-refractivity contribution >= 4 is 23.6 Å². The third-order valence-corrected chi connectivity index (χ3v) is 5.22. The van der Waals surface area contributed by atoms with E-state index in [4.69, 9.17) is 9.31 Å². The molecule has 1 fully saturated rings. The third kappa shape index (κ3) is 2.71. The van der Waals surface area contributed by atoms with E-state index in [0.717, 1.165) is 0 Å². The standard InChI is InChI=1S/C19H19BF2N2O2/c1-18(2)19(3,4)26-20(25-18)11-5-7-13(14(22)9-11)17-23-15-8-6-12(21)10-16(15)24-17/h5-10H,1-4H3,(H,23,24). The van der Waals surface area contributed by atoms with Crippen LogP contribution in [0.5, 0.6) is 0 Å². The summed E-state index contributed by atoms with van der Waals surface area (Å²) in [6.07, 6.45) is 0. The number of H-pyrrole nitrogens is 1. The maximum Gasteiger partial charge on any atom is 0.494 e. The zero-order valence-corrected chi connectivity index (χ0v) is 15.1. The number of aromatic amines is 1. The molecule has 0 amide bonds. The van der Waals surface area contributed by atoms with E-state index in [-0.39, 0.29) is 5.82 Å². The first-order valence-electron chi connectivity index (χ1n) is 8.47. The van der Waals surface area contributed by atoms with Crippen molar-refractivity contribution in [1.82, 2.24) is 9.97 Å². The number of halogens is 2. The van der Waals surface area contributed by atoms with Gasteiger partial charge in [-0.25, -0.2) is 13.8 Å². The molecule has 0 bridgehead atoms. The maximum atomic E-state index is 14.7. The maximum absolute atomic E-state index is 14.7. The van der Waals surface area contributed by atoms with E-state index in [1.807, 2.05) is 27.7 Å². The van der Waals surface area contributed by atoms with Crippen molar-refractivity contribution in [2.45, 2.75) is 38.9 Å². The summed E-state index contributed by atoms with van der Waals surface area (Å²) >= 11 is 0. The zero-order chi connectivity index (χ0) is 18.7. The number of rotatable bonds is 2. The van der Waals surface area contributed by atoms with Crippen molar-refractivity contribution in [1.29, 1.82) is 0 Å². The normalized spacial score (nSPS) is 18.6. The lowest BCUT2D eigenvalue weighted by molar-refractivity contribution is 0.00578. The Bertz CT molecular complexity index is 984. The average Bonchev–Trinajstić information content (AvgIpc) is 3.04. The molecule has 4 nitrogen and oxygen atoms in total. The van der Waals surface area contributed by atoms with Crippen molar-refractivity contribution < 1.29 is 18.1 Å². The highest BCUT2D eigenvalue weighted by Crippen LogP contribution is 2.36. The van der Waals surface area contributed by atoms with Gasteiger partial charge in [-0.3, -0.25) is 0 Å². The third-order valence-electron chi connectivity index (χ3n) is 5.22. The molecule has 1 aliphatic rings. The van der Waals surface area contributed by atoms with E-state index >= 15 is 0 Å². The van der Waals surface area contributed by atoms with Crippen LogP contribution in [0.2, 0.25) is 0 Å². The zero-order valence-electron chi connectivity index (χ0n) is 15.1. The number of aromatic nitrogens is 2. The summed E-state index contributed by atoms with van der Waals surface area (Å²) in [5.74, 6) is -0.479. The Balaban J connectivity index is 1.68. The summed E-state index contributed by atoms with van der Waals surface area (Å²) in [7, 11) is -0.631. The van der Waals surface area contributed by atoms with E-state index in [0.29, 0.717) is 27.9 Å². The first-order valence-corrected chi connectivity index (χ1v) is 8.47. The highest BCUT2D eigenvalue weighted by molar-refractivity contribution is 6.62. The SMILES string of the molecule is CC1(C)OB(c2ccc(-c3nc4cc(F)ccc4[nH]3)c(F)c2)OC1(C)C. The van der Waals surface area contributed by atoms with Crippen LogP contribution in [-0.2, 0) is 9.31 Å². The summed E-state index contributed by atoms with van der Waals surface area (Å²) in [4.78, 5) is 7.29. The van der Waals surface area contributed by atoms with Gasteiger partial charge >= 0.3 is 7.12 Å². The quantitative estimate of drug-likeness (QED) is 0.711. The van der Waals surface area contributed by atoms with Crippen LogP contribution in [0.3, 0.4) is 0 Å². The number of benzene rings is 2. The van der Waals surface area contributed by atoms with Crippen molar-refractivity contribution in [3.63, 3.8) is 0 Å². The average molecular weight is 356 g/mol. The summed E-state index contributed by atoms with van der Waals surface area (Å²) in [6, 6.07) is 9.01. The van der Waals surface area contributed by atoms with E-state index < -0.39 is 24.1 Å². The second-order valence-corrected chi connectivity index (χ2v) is 7.57. The Hall–Kier alpha value is -2.25. The van der Waals surface area contributed by atoms with E-state index in [1.165, 1.54) is 18.2 Å². The first kappa shape index (κ1) is 17.2. The van der Waals surface area contributed by atoms with Gasteiger partial charge in [-0.15, -0.1) is 0 Å². The molecule has 1 N–H and O–H groups in total. The van der Waals surface area contributed by atoms with Gasteiger partial charge in [-0.2, -0.15) is 0 Å². The lowest BCUT2D eigenvalue weighted by Crippen LogP contribution is -2.41. The second-order valence-electron chi connectivity index (χ2n) is 7.57. The van der Waals surface area contributed by atoms with Crippen molar-refractivity contribution in [3.05, 3.63) is 48.0 Å². The highest BCUT2D eigenvalue weighted by atomic mass is 19.1. The second kappa shape index (κ2) is 5.63. The Kier molecular flexibility index (Phi) is 3.72. The molecule has 2 heterocycles. The van der Waals surface area contributed by atoms with Crippen molar-refractivity contribution in [2.24, 2.45) is 0 Å². The monoisotopic (exact) mass is 356 g/mol. The molecule has 3 aromatic rings. The summed E-state index contributed by atoms with van der Waals surface area (Å²) < 4.78 is 40.0. The molecule has 2 aromatic carbocycles. The number of imidazole rings is 1. The van der Waals surface area contributed by atoms with E-state index in [2.05, 4.69) is 9.97 Å². The van der Waals surface area contributed by atoms with Crippen molar-refractivity contribution in [3.8, 4) is 11.4 Å². The molecule has 7 heteroatoms. The van der Waals surface area contributed by atoms with Crippen LogP contribution in [0.15, 0.2) is 36.4 Å². The molecule has 1 aliphatic heterocycles. The lowest BCUT2D eigenvalue weighted by atomic mass is 9.78. The molecule has 26 heavy (non-hydrogen) atoms. The Morgan fingerprint density at radius 3 is 2.31 bits per heavy atom. The molecule has 0 saturated carbocycles. The van der Waals surface area contributed by atoms with Gasteiger partial charge in [0.05, 0.1) is 27.8 Å². The van der Waals surface area contributed by atoms with Crippen LogP contribution in [-0.4, -0.2) is 28.3 Å². The number of hydrogen-bond donors (Lipinski definition) is 1. The van der Waals surface area contributed by atoms with Crippen LogP contribution in [0.25, 0.3) is 22.4 Å². The molecule has 0 atom stereocenters. The van der Waals surface area contributed by atoms with Gasteiger partial charge in [0.25, 0.3) is 0 Å². The van der Waals surface area contributed by atoms with Crippen LogP contribution >= 0.6 is 0 Å². The van der Waals surface area contributed by atoms with Crippen LogP contribution in [0.1, 0.15) is 27.7 Å². The number of nitrogens with zero attached hydrogens (tertiary/aromatic N) is 1. The predicted octanol–water partition coefficient (Wildman–Crippen LogP) is 3.81. The van der Waals surface area contributed by atoms with E-state index in [9.17, 15) is 8.78 Å². The number of hydrogen-bond acceptors (Lipinski definition) is 3. The lowest BCUT2D eigenvalue weighted by Gasteiger charge is -2.32. The molecular weight excluding hydrogens is 337 g/mol. The van der Waals surface area contributed by atoms with Crippen LogP contribution in [0, 0.1) is 11.6 Å². The first-order chi connectivity index (χ1) is 12.2. The van der Waals surface area contributed by atoms with Crippen LogP contribution < -0.4 is 5.46 Å². The minimum absolute atomic E-state index is 0.307. The fourth-order valence-electron chi connectivity index (χ4n) is 2.96. The van der Waals surface area contributed by atoms with Gasteiger partial charge in [-0.05, 0) is 57.4 Å². The number of fused-ring (bicyclic) bond motifs is 1. The van der Waals surface area contributed by atoms with Gasteiger partial charge in [0.15, 0.2) is 0 Å². The highest BCUT2D eigenvalue weighted by Gasteiger charge is 2.51. The molecule has 0 aliphatic carbocycles. The van der Waals surface area contributed by atoms with Gasteiger partial charge < -0.3 is 14.3 Å². The van der Waals surface area contributed by atoms with Gasteiger partial charge in [0.1, 0.15) is 17.5 Å². The van der Waals surface area contributed by atoms with Gasteiger partial charge in [-0.1, -0.05) is 6.07 Å². The predicted molar refractivity (Wildman–Crippen MR) is 97.2 cm³/mol. The largest absolute Gasteiger partial charge is 0.494 e. The minimum Gasteiger partial charge on any atom is -0.399 e. The molecule has 0 unspecified atom stereocenters. The van der Waals surface area contributed by atoms with E-state index in [1.54, 1.807) is 18.2 Å². The van der Waals surface area contributed by atoms with Gasteiger partial charge in [0, 0.05) is 6.07 Å². The topological polar surface area (TPSA) is 47.1 Å². The van der Waals surface area contributed by atoms with Crippen LogP contribution in [0.4, 0.5) is 8.78 Å². The molecule has 0 spiro atoms. The molecule has 1 aromatic heterocycles. The molecular formula is C19H19BF2N2O2. The van der Waals surface area contributed by atoms with Gasteiger partial charge in [0.2, 0.25) is 0 Å². The fraction of sp³-hybridized carbons (Fsp3) is 0.316. The Morgan fingerprint density at radius 2 is 1.65 bits per heavy atom. The summed E-state index contributed by atoms with van der Waals surface area (Å²) in [5, 5.41) is 0. The molecule has 1 saturated heterocycles. The molecule has 134 valence electrons. The molecule has 4 rings (SSSR count). The fourth-order valence-corrected chi connectivity index (χ4v) is 2.96. The molecule has 0 radical (unpaired) electrons. The summed E-state index contributed by atoms with van der Waals surface area (Å²) in [5.41, 5.74) is 1.03. The van der Waals surface area contributed by atoms with Crippen molar-refractivity contribution in [2.75, 3.05) is 0 Å².